The van der Waals surface area contributed by atoms with Crippen LogP contribution in [0.1, 0.15) is 27.2 Å². The quantitative estimate of drug-likeness (QED) is 0.713. The predicted molar refractivity (Wildman–Crippen MR) is 104 cm³/mol. The molecule has 0 aliphatic carbocycles. The van der Waals surface area contributed by atoms with Crippen molar-refractivity contribution in [2.45, 2.75) is 39.3 Å². The standard InChI is InChI=1S/C20H23N5O/c1-4-13(2)22-20(26)14(3)23-19-16-7-5-6-8-17(16)24-18(25-19)15-9-11-21-12-10-15/h5-14H,4H2,1-3H3,(H,22,26)(H,23,24,25). The first-order valence-corrected chi connectivity index (χ1v) is 8.82. The fraction of sp³-hybridized carbons (Fsp3) is 0.300. The summed E-state index contributed by atoms with van der Waals surface area (Å²) < 4.78 is 0. The molecule has 0 fully saturated rings. The van der Waals surface area contributed by atoms with E-state index in [0.29, 0.717) is 11.6 Å². The van der Waals surface area contributed by atoms with E-state index in [1.807, 2.05) is 57.2 Å². The molecule has 2 unspecified atom stereocenters. The number of amides is 1. The first-order chi connectivity index (χ1) is 12.6. The lowest BCUT2D eigenvalue weighted by atomic mass is 10.2. The predicted octanol–water partition coefficient (Wildman–Crippen LogP) is 3.41. The van der Waals surface area contributed by atoms with Gasteiger partial charge in [-0.15, -0.1) is 0 Å². The molecule has 0 saturated carbocycles. The number of pyridine rings is 1. The van der Waals surface area contributed by atoms with Gasteiger partial charge in [0.25, 0.3) is 0 Å². The van der Waals surface area contributed by atoms with E-state index < -0.39 is 6.04 Å². The van der Waals surface area contributed by atoms with E-state index in [4.69, 9.17) is 0 Å². The normalized spacial score (nSPS) is 13.2. The smallest absolute Gasteiger partial charge is 0.242 e. The monoisotopic (exact) mass is 349 g/mol. The highest BCUT2D eigenvalue weighted by molar-refractivity contribution is 5.93. The Morgan fingerprint density at radius 3 is 2.54 bits per heavy atom. The summed E-state index contributed by atoms with van der Waals surface area (Å²) in [5.41, 5.74) is 1.71. The largest absolute Gasteiger partial charge is 0.358 e. The molecular weight excluding hydrogens is 326 g/mol. The molecule has 2 heterocycles. The van der Waals surface area contributed by atoms with Gasteiger partial charge in [-0.25, -0.2) is 9.97 Å². The summed E-state index contributed by atoms with van der Waals surface area (Å²) in [4.78, 5) is 25.7. The summed E-state index contributed by atoms with van der Waals surface area (Å²) in [7, 11) is 0. The fourth-order valence-corrected chi connectivity index (χ4v) is 2.56. The van der Waals surface area contributed by atoms with Gasteiger partial charge in [0.15, 0.2) is 5.82 Å². The lowest BCUT2D eigenvalue weighted by Crippen LogP contribution is -2.42. The van der Waals surface area contributed by atoms with Crippen LogP contribution in [0.5, 0.6) is 0 Å². The molecule has 0 aliphatic rings. The molecule has 0 bridgehead atoms. The molecule has 0 spiro atoms. The average Bonchev–Trinajstić information content (AvgIpc) is 2.68. The van der Waals surface area contributed by atoms with Crippen molar-refractivity contribution in [3.63, 3.8) is 0 Å². The van der Waals surface area contributed by atoms with Crippen molar-refractivity contribution in [1.29, 1.82) is 0 Å². The molecule has 1 amide bonds. The average molecular weight is 349 g/mol. The summed E-state index contributed by atoms with van der Waals surface area (Å²) >= 11 is 0. The number of rotatable bonds is 6. The number of hydrogen-bond acceptors (Lipinski definition) is 5. The SMILES string of the molecule is CCC(C)NC(=O)C(C)Nc1nc(-c2ccncc2)nc2ccccc12. The van der Waals surface area contributed by atoms with Crippen molar-refractivity contribution in [2.24, 2.45) is 0 Å². The minimum atomic E-state index is -0.410. The zero-order valence-corrected chi connectivity index (χ0v) is 15.2. The second-order valence-electron chi connectivity index (χ2n) is 6.33. The zero-order valence-electron chi connectivity index (χ0n) is 15.2. The van der Waals surface area contributed by atoms with Crippen molar-refractivity contribution in [3.05, 3.63) is 48.8 Å². The number of aromatic nitrogens is 3. The van der Waals surface area contributed by atoms with Gasteiger partial charge in [0, 0.05) is 29.4 Å². The molecule has 3 rings (SSSR count). The van der Waals surface area contributed by atoms with Gasteiger partial charge in [-0.3, -0.25) is 9.78 Å². The Balaban J connectivity index is 1.95. The van der Waals surface area contributed by atoms with Crippen LogP contribution in [-0.2, 0) is 4.79 Å². The minimum Gasteiger partial charge on any atom is -0.358 e. The van der Waals surface area contributed by atoms with E-state index in [-0.39, 0.29) is 11.9 Å². The lowest BCUT2D eigenvalue weighted by Gasteiger charge is -2.19. The Bertz CT molecular complexity index is 897. The van der Waals surface area contributed by atoms with Gasteiger partial charge in [-0.2, -0.15) is 0 Å². The number of fused-ring (bicyclic) bond motifs is 1. The van der Waals surface area contributed by atoms with Crippen LogP contribution < -0.4 is 10.6 Å². The van der Waals surface area contributed by atoms with E-state index in [2.05, 4.69) is 25.6 Å². The number of carbonyl (C=O) groups excluding carboxylic acids is 1. The van der Waals surface area contributed by atoms with Crippen molar-refractivity contribution >= 4 is 22.6 Å². The van der Waals surface area contributed by atoms with Gasteiger partial charge in [0.2, 0.25) is 5.91 Å². The first kappa shape index (κ1) is 17.8. The van der Waals surface area contributed by atoms with E-state index >= 15 is 0 Å². The van der Waals surface area contributed by atoms with Crippen LogP contribution in [0.25, 0.3) is 22.3 Å². The van der Waals surface area contributed by atoms with Crippen molar-refractivity contribution in [1.82, 2.24) is 20.3 Å². The van der Waals surface area contributed by atoms with Gasteiger partial charge in [0.05, 0.1) is 5.52 Å². The van der Waals surface area contributed by atoms with Crippen LogP contribution in [-0.4, -0.2) is 32.9 Å². The lowest BCUT2D eigenvalue weighted by molar-refractivity contribution is -0.122. The maximum Gasteiger partial charge on any atom is 0.242 e. The van der Waals surface area contributed by atoms with Gasteiger partial charge < -0.3 is 10.6 Å². The highest BCUT2D eigenvalue weighted by atomic mass is 16.2. The second kappa shape index (κ2) is 7.91. The van der Waals surface area contributed by atoms with Crippen LogP contribution in [0.15, 0.2) is 48.8 Å². The summed E-state index contributed by atoms with van der Waals surface area (Å²) in [5.74, 6) is 1.20. The third-order valence-electron chi connectivity index (χ3n) is 4.29. The topological polar surface area (TPSA) is 79.8 Å². The van der Waals surface area contributed by atoms with Gasteiger partial charge in [-0.05, 0) is 44.5 Å². The van der Waals surface area contributed by atoms with Crippen molar-refractivity contribution in [3.8, 4) is 11.4 Å². The molecule has 0 aliphatic heterocycles. The Labute approximate surface area is 153 Å². The van der Waals surface area contributed by atoms with Crippen LogP contribution in [0.2, 0.25) is 0 Å². The van der Waals surface area contributed by atoms with Crippen molar-refractivity contribution < 1.29 is 4.79 Å². The van der Waals surface area contributed by atoms with Crippen LogP contribution >= 0.6 is 0 Å². The highest BCUT2D eigenvalue weighted by Gasteiger charge is 2.17. The summed E-state index contributed by atoms with van der Waals surface area (Å²) in [5, 5.41) is 7.12. The molecule has 0 radical (unpaired) electrons. The number of hydrogen-bond donors (Lipinski definition) is 2. The highest BCUT2D eigenvalue weighted by Crippen LogP contribution is 2.25. The van der Waals surface area contributed by atoms with Gasteiger partial charge >= 0.3 is 0 Å². The number of anilines is 1. The molecule has 2 N–H and O–H groups in total. The molecule has 3 aromatic rings. The maximum atomic E-state index is 12.4. The molecule has 0 saturated heterocycles. The Morgan fingerprint density at radius 1 is 1.08 bits per heavy atom. The van der Waals surface area contributed by atoms with E-state index in [1.54, 1.807) is 12.4 Å². The maximum absolute atomic E-state index is 12.4. The summed E-state index contributed by atoms with van der Waals surface area (Å²) in [6.07, 6.45) is 4.31. The third kappa shape index (κ3) is 3.96. The number of nitrogens with one attached hydrogen (secondary N) is 2. The second-order valence-corrected chi connectivity index (χ2v) is 6.33. The van der Waals surface area contributed by atoms with Crippen LogP contribution in [0.4, 0.5) is 5.82 Å². The van der Waals surface area contributed by atoms with E-state index in [1.165, 1.54) is 0 Å². The third-order valence-corrected chi connectivity index (χ3v) is 4.29. The van der Waals surface area contributed by atoms with Crippen LogP contribution in [0, 0.1) is 0 Å². The molecule has 1 aromatic carbocycles. The number of nitrogens with zero attached hydrogens (tertiary/aromatic N) is 3. The Hall–Kier alpha value is -3.02. The molecule has 6 nitrogen and oxygen atoms in total. The number of para-hydroxylation sites is 1. The number of carbonyl (C=O) groups is 1. The molecule has 2 atom stereocenters. The summed E-state index contributed by atoms with van der Waals surface area (Å²) in [6.45, 7) is 5.87. The van der Waals surface area contributed by atoms with Gasteiger partial charge in [-0.1, -0.05) is 19.1 Å². The fourth-order valence-electron chi connectivity index (χ4n) is 2.56. The van der Waals surface area contributed by atoms with E-state index in [0.717, 1.165) is 22.9 Å². The molecule has 26 heavy (non-hydrogen) atoms. The number of benzene rings is 1. The molecular formula is C20H23N5O. The Morgan fingerprint density at radius 2 is 1.81 bits per heavy atom. The first-order valence-electron chi connectivity index (χ1n) is 8.82. The molecule has 6 heteroatoms. The van der Waals surface area contributed by atoms with Crippen molar-refractivity contribution in [2.75, 3.05) is 5.32 Å². The summed E-state index contributed by atoms with van der Waals surface area (Å²) in [6, 6.07) is 11.2. The minimum absolute atomic E-state index is 0.0486. The molecule has 2 aromatic heterocycles. The Kier molecular flexibility index (Phi) is 5.41. The molecule has 134 valence electrons. The van der Waals surface area contributed by atoms with E-state index in [9.17, 15) is 4.79 Å². The van der Waals surface area contributed by atoms with Crippen LogP contribution in [0.3, 0.4) is 0 Å². The zero-order chi connectivity index (χ0) is 18.5. The van der Waals surface area contributed by atoms with Gasteiger partial charge in [0.1, 0.15) is 11.9 Å².